The standard InChI is InChI=1S/C16H20O6/c1-10-3-2-4-11(5-10)6-14(16(19)20)22-15-8-12(18)7-13(9-17)21-15/h2-6,12-13,15,17-18H,7-9H2,1H3,(H,19,20)/b14-6-. The molecule has 0 aliphatic carbocycles. The van der Waals surface area contributed by atoms with E-state index in [1.165, 1.54) is 6.08 Å². The largest absolute Gasteiger partial charge is 0.475 e. The molecule has 1 heterocycles. The predicted octanol–water partition coefficient (Wildman–Crippen LogP) is 1.30. The van der Waals surface area contributed by atoms with Crippen LogP contribution in [-0.4, -0.2) is 46.4 Å². The summed E-state index contributed by atoms with van der Waals surface area (Å²) in [5.41, 5.74) is 1.70. The van der Waals surface area contributed by atoms with Gasteiger partial charge in [0.05, 0.1) is 18.8 Å². The van der Waals surface area contributed by atoms with Gasteiger partial charge in [-0.2, -0.15) is 0 Å². The number of carboxylic acid groups (broad SMARTS) is 1. The lowest BCUT2D eigenvalue weighted by molar-refractivity contribution is -0.208. The van der Waals surface area contributed by atoms with E-state index in [1.54, 1.807) is 6.07 Å². The van der Waals surface area contributed by atoms with E-state index in [2.05, 4.69) is 0 Å². The lowest BCUT2D eigenvalue weighted by Crippen LogP contribution is -2.39. The Morgan fingerprint density at radius 3 is 2.86 bits per heavy atom. The van der Waals surface area contributed by atoms with Crippen LogP contribution in [-0.2, 0) is 14.3 Å². The summed E-state index contributed by atoms with van der Waals surface area (Å²) in [6.07, 6.45) is -0.260. The second-order valence-electron chi connectivity index (χ2n) is 5.34. The smallest absolute Gasteiger partial charge is 0.371 e. The molecule has 1 aliphatic rings. The number of aliphatic hydroxyl groups is 2. The molecule has 1 fully saturated rings. The van der Waals surface area contributed by atoms with Crippen molar-refractivity contribution in [2.75, 3.05) is 6.61 Å². The Morgan fingerprint density at radius 1 is 1.45 bits per heavy atom. The van der Waals surface area contributed by atoms with E-state index < -0.39 is 24.5 Å². The Labute approximate surface area is 128 Å². The van der Waals surface area contributed by atoms with Gasteiger partial charge >= 0.3 is 5.97 Å². The average molecular weight is 308 g/mol. The maximum atomic E-state index is 11.3. The first-order valence-corrected chi connectivity index (χ1v) is 7.10. The molecule has 22 heavy (non-hydrogen) atoms. The number of carbonyl (C=O) groups is 1. The first kappa shape index (κ1) is 16.5. The number of hydrogen-bond donors (Lipinski definition) is 3. The molecule has 6 heteroatoms. The molecule has 1 aliphatic heterocycles. The average Bonchev–Trinajstić information content (AvgIpc) is 2.46. The third kappa shape index (κ3) is 4.56. The highest BCUT2D eigenvalue weighted by Crippen LogP contribution is 2.23. The van der Waals surface area contributed by atoms with Gasteiger partial charge in [0.2, 0.25) is 12.0 Å². The Morgan fingerprint density at radius 2 is 2.23 bits per heavy atom. The van der Waals surface area contributed by atoms with Gasteiger partial charge in [-0.1, -0.05) is 29.8 Å². The number of aliphatic hydroxyl groups excluding tert-OH is 2. The summed E-state index contributed by atoms with van der Waals surface area (Å²) in [6.45, 7) is 1.66. The van der Waals surface area contributed by atoms with Crippen LogP contribution < -0.4 is 0 Å². The van der Waals surface area contributed by atoms with Crippen molar-refractivity contribution in [3.8, 4) is 0 Å². The number of hydrogen-bond acceptors (Lipinski definition) is 5. The number of rotatable bonds is 5. The molecule has 1 aromatic rings. The molecule has 2 rings (SSSR count). The van der Waals surface area contributed by atoms with Crippen molar-refractivity contribution in [1.82, 2.24) is 0 Å². The van der Waals surface area contributed by atoms with Crippen LogP contribution in [0, 0.1) is 6.92 Å². The number of carboxylic acids is 1. The van der Waals surface area contributed by atoms with Crippen molar-refractivity contribution in [2.24, 2.45) is 0 Å². The van der Waals surface area contributed by atoms with E-state index in [4.69, 9.17) is 14.6 Å². The van der Waals surface area contributed by atoms with Gasteiger partial charge in [0.25, 0.3) is 0 Å². The monoisotopic (exact) mass is 308 g/mol. The summed E-state index contributed by atoms with van der Waals surface area (Å²) in [4.78, 5) is 11.3. The van der Waals surface area contributed by atoms with Crippen LogP contribution in [0.15, 0.2) is 30.0 Å². The van der Waals surface area contributed by atoms with E-state index >= 15 is 0 Å². The van der Waals surface area contributed by atoms with Gasteiger partial charge in [0.15, 0.2) is 0 Å². The fourth-order valence-corrected chi connectivity index (χ4v) is 2.34. The Hall–Kier alpha value is -1.89. The van der Waals surface area contributed by atoms with Crippen molar-refractivity contribution >= 4 is 12.0 Å². The zero-order valence-corrected chi connectivity index (χ0v) is 12.3. The van der Waals surface area contributed by atoms with Crippen LogP contribution in [0.25, 0.3) is 6.08 Å². The van der Waals surface area contributed by atoms with Crippen LogP contribution in [0.2, 0.25) is 0 Å². The van der Waals surface area contributed by atoms with E-state index in [0.717, 1.165) is 5.56 Å². The minimum Gasteiger partial charge on any atom is -0.475 e. The van der Waals surface area contributed by atoms with E-state index in [9.17, 15) is 15.0 Å². The summed E-state index contributed by atoms with van der Waals surface area (Å²) >= 11 is 0. The molecule has 120 valence electrons. The Bertz CT molecular complexity index is 553. The van der Waals surface area contributed by atoms with Crippen molar-refractivity contribution < 1.29 is 29.6 Å². The van der Waals surface area contributed by atoms with Gasteiger partial charge in [-0.05, 0) is 18.6 Å². The maximum absolute atomic E-state index is 11.3. The highest BCUT2D eigenvalue weighted by Gasteiger charge is 2.30. The fraction of sp³-hybridized carbons (Fsp3) is 0.438. The van der Waals surface area contributed by atoms with Crippen molar-refractivity contribution in [3.05, 3.63) is 41.2 Å². The van der Waals surface area contributed by atoms with Crippen LogP contribution in [0.5, 0.6) is 0 Å². The molecule has 0 bridgehead atoms. The predicted molar refractivity (Wildman–Crippen MR) is 78.9 cm³/mol. The van der Waals surface area contributed by atoms with E-state index in [-0.39, 0.29) is 18.8 Å². The molecule has 0 saturated carbocycles. The summed E-state index contributed by atoms with van der Waals surface area (Å²) in [6, 6.07) is 7.33. The Balaban J connectivity index is 2.13. The molecule has 0 spiro atoms. The summed E-state index contributed by atoms with van der Waals surface area (Å²) < 4.78 is 10.8. The SMILES string of the molecule is Cc1cccc(/C=C(\OC2CC(O)CC(CO)O2)C(=O)O)c1. The molecule has 0 aromatic heterocycles. The fourth-order valence-electron chi connectivity index (χ4n) is 2.34. The highest BCUT2D eigenvalue weighted by molar-refractivity contribution is 5.89. The summed E-state index contributed by atoms with van der Waals surface area (Å²) in [5, 5.41) is 28.1. The Kier molecular flexibility index (Phi) is 5.54. The van der Waals surface area contributed by atoms with Crippen molar-refractivity contribution in [3.63, 3.8) is 0 Å². The molecule has 3 unspecified atom stereocenters. The molecule has 3 atom stereocenters. The molecular formula is C16H20O6. The zero-order valence-electron chi connectivity index (χ0n) is 12.3. The van der Waals surface area contributed by atoms with Gasteiger partial charge in [-0.25, -0.2) is 4.79 Å². The van der Waals surface area contributed by atoms with Crippen LogP contribution in [0.1, 0.15) is 24.0 Å². The summed E-state index contributed by atoms with van der Waals surface area (Å²) in [7, 11) is 0. The number of benzene rings is 1. The second kappa shape index (κ2) is 7.40. The lowest BCUT2D eigenvalue weighted by Gasteiger charge is -2.32. The molecule has 1 saturated heterocycles. The van der Waals surface area contributed by atoms with Crippen LogP contribution in [0.3, 0.4) is 0 Å². The lowest BCUT2D eigenvalue weighted by atomic mass is 10.1. The van der Waals surface area contributed by atoms with E-state index in [0.29, 0.717) is 12.0 Å². The highest BCUT2D eigenvalue weighted by atomic mass is 16.7. The minimum absolute atomic E-state index is 0.162. The number of aryl methyl sites for hydroxylation is 1. The zero-order chi connectivity index (χ0) is 16.1. The molecule has 0 amide bonds. The quantitative estimate of drug-likeness (QED) is 0.560. The number of aliphatic carboxylic acids is 1. The second-order valence-corrected chi connectivity index (χ2v) is 5.34. The third-order valence-corrected chi connectivity index (χ3v) is 3.36. The van der Waals surface area contributed by atoms with Crippen molar-refractivity contribution in [1.29, 1.82) is 0 Å². The molecular weight excluding hydrogens is 288 g/mol. The maximum Gasteiger partial charge on any atom is 0.371 e. The van der Waals surface area contributed by atoms with Gasteiger partial charge < -0.3 is 24.8 Å². The van der Waals surface area contributed by atoms with Crippen molar-refractivity contribution in [2.45, 2.75) is 38.3 Å². The normalized spacial score (nSPS) is 25.8. The third-order valence-electron chi connectivity index (χ3n) is 3.36. The van der Waals surface area contributed by atoms with Gasteiger partial charge in [-0.15, -0.1) is 0 Å². The molecule has 0 radical (unpaired) electrons. The van der Waals surface area contributed by atoms with E-state index in [1.807, 2.05) is 25.1 Å². The first-order chi connectivity index (χ1) is 10.5. The number of ether oxygens (including phenoxy) is 2. The first-order valence-electron chi connectivity index (χ1n) is 7.10. The van der Waals surface area contributed by atoms with Crippen LogP contribution in [0.4, 0.5) is 0 Å². The topological polar surface area (TPSA) is 96.2 Å². The molecule has 1 aromatic carbocycles. The molecule has 6 nitrogen and oxygen atoms in total. The van der Waals surface area contributed by atoms with Gasteiger partial charge in [-0.3, -0.25) is 0 Å². The molecule has 3 N–H and O–H groups in total. The minimum atomic E-state index is -1.22. The van der Waals surface area contributed by atoms with Gasteiger partial charge in [0.1, 0.15) is 0 Å². The van der Waals surface area contributed by atoms with Crippen LogP contribution >= 0.6 is 0 Å². The summed E-state index contributed by atoms with van der Waals surface area (Å²) in [5.74, 6) is -1.48. The van der Waals surface area contributed by atoms with Gasteiger partial charge in [0, 0.05) is 12.8 Å².